The van der Waals surface area contributed by atoms with Crippen LogP contribution in [0.4, 0.5) is 0 Å². The van der Waals surface area contributed by atoms with E-state index in [9.17, 15) is 29.4 Å². The first-order valence-corrected chi connectivity index (χ1v) is 24.0. The summed E-state index contributed by atoms with van der Waals surface area (Å²) in [6, 6.07) is -1.38. The van der Waals surface area contributed by atoms with Crippen molar-refractivity contribution < 1.29 is 39.6 Å². The van der Waals surface area contributed by atoms with Crippen LogP contribution in [0.25, 0.3) is 0 Å². The van der Waals surface area contributed by atoms with Gasteiger partial charge >= 0.3 is 35.0 Å². The third kappa shape index (κ3) is 71.4. The summed E-state index contributed by atoms with van der Waals surface area (Å²) in [7, 11) is 0. The third-order valence-corrected chi connectivity index (χ3v) is 10.1. The van der Waals surface area contributed by atoms with Crippen molar-refractivity contribution in [2.75, 3.05) is 0 Å². The van der Waals surface area contributed by atoms with E-state index >= 15 is 0 Å². The maximum absolute atomic E-state index is 10.2. The average molecular weight is 854 g/mol. The van der Waals surface area contributed by atoms with Gasteiger partial charge in [-0.25, -0.2) is 0 Å². The molecule has 348 valence electrons. The second kappa shape index (κ2) is 54.6. The van der Waals surface area contributed by atoms with Crippen molar-refractivity contribution in [3.05, 3.63) is 0 Å². The molecule has 0 heterocycles. The van der Waals surface area contributed by atoms with Crippen LogP contribution in [0.5, 0.6) is 0 Å². The second-order valence-corrected chi connectivity index (χ2v) is 17.3. The summed E-state index contributed by atoms with van der Waals surface area (Å²) in [4.78, 5) is 40.7. The summed E-state index contributed by atoms with van der Waals surface area (Å²) in [5.41, 5.74) is 10.4. The number of carboxylic acid groups (broad SMARTS) is 4. The van der Waals surface area contributed by atoms with E-state index in [1.54, 1.807) is 0 Å². The van der Waals surface area contributed by atoms with Gasteiger partial charge in [-0.15, -0.1) is 0 Å². The fourth-order valence-corrected chi connectivity index (χ4v) is 6.50. The molecule has 0 aromatic carbocycles. The standard InChI is InChI=1S/2C18H36O2.2C6H13NO2.Mg/c2*1-2-3-4-5-6-7-8-9-10-11-12-13-14-15-16-17-18(19)20;2*1-4(2)3-5(7)6(8)9;/h2*2-17H2,1H3,(H,19,20);2*4-5H,3,7H2,1-2H3,(H,8,9);/q;;;;+2/p-2. The minimum absolute atomic E-state index is 0. The summed E-state index contributed by atoms with van der Waals surface area (Å²) >= 11 is 0. The molecule has 0 spiro atoms. The topological polar surface area (TPSA) is 207 Å². The molecule has 59 heavy (non-hydrogen) atoms. The van der Waals surface area contributed by atoms with Crippen LogP contribution in [0.15, 0.2) is 0 Å². The van der Waals surface area contributed by atoms with Crippen molar-refractivity contribution in [1.82, 2.24) is 0 Å². The average Bonchev–Trinajstić information content (AvgIpc) is 3.14. The molecule has 0 aliphatic carbocycles. The van der Waals surface area contributed by atoms with Gasteiger partial charge in [-0.3, -0.25) is 9.59 Å². The number of nitrogens with two attached hydrogens (primary N) is 2. The number of carbonyl (C=O) groups is 4. The Balaban J connectivity index is -0.000000233. The maximum Gasteiger partial charge on any atom is 2.00 e. The van der Waals surface area contributed by atoms with Gasteiger partial charge in [0.1, 0.15) is 12.1 Å². The predicted molar refractivity (Wildman–Crippen MR) is 245 cm³/mol. The molecule has 11 heteroatoms. The van der Waals surface area contributed by atoms with Crippen molar-refractivity contribution in [3.63, 3.8) is 0 Å². The van der Waals surface area contributed by atoms with Gasteiger partial charge in [0.15, 0.2) is 0 Å². The van der Waals surface area contributed by atoms with Gasteiger partial charge in [0.05, 0.1) is 0 Å². The quantitative estimate of drug-likeness (QED) is 0.0341. The van der Waals surface area contributed by atoms with Crippen molar-refractivity contribution in [3.8, 4) is 0 Å². The fraction of sp³-hybridized carbons (Fsp3) is 0.917. The number of hydrogen-bond donors (Lipinski definition) is 4. The molecule has 2 atom stereocenters. The molecular formula is C48H96MgN2O8. The summed E-state index contributed by atoms with van der Waals surface area (Å²) in [5.74, 6) is -2.92. The Labute approximate surface area is 380 Å². The van der Waals surface area contributed by atoms with Crippen molar-refractivity contribution in [1.29, 1.82) is 0 Å². The number of unbranched alkanes of at least 4 members (excludes halogenated alkanes) is 28. The molecule has 10 nitrogen and oxygen atoms in total. The maximum atomic E-state index is 10.2. The minimum Gasteiger partial charge on any atom is -0.550 e. The van der Waals surface area contributed by atoms with Crippen LogP contribution in [-0.4, -0.2) is 69.2 Å². The molecule has 0 fully saturated rings. The van der Waals surface area contributed by atoms with Crippen LogP contribution in [0.2, 0.25) is 0 Å². The van der Waals surface area contributed by atoms with E-state index < -0.39 is 36.0 Å². The van der Waals surface area contributed by atoms with Gasteiger partial charge in [0, 0.05) is 11.9 Å². The molecule has 2 unspecified atom stereocenters. The molecule has 0 radical (unpaired) electrons. The van der Waals surface area contributed by atoms with Gasteiger partial charge in [-0.2, -0.15) is 0 Å². The van der Waals surface area contributed by atoms with E-state index in [1.807, 2.05) is 27.7 Å². The summed E-state index contributed by atoms with van der Waals surface area (Å²) in [5, 5.41) is 37.1. The zero-order chi connectivity index (χ0) is 44.7. The molecule has 0 aromatic heterocycles. The Kier molecular flexibility index (Phi) is 61.7. The molecule has 6 N–H and O–H groups in total. The van der Waals surface area contributed by atoms with Gasteiger partial charge in [-0.1, -0.05) is 221 Å². The van der Waals surface area contributed by atoms with Gasteiger partial charge < -0.3 is 41.5 Å². The molecule has 0 amide bonds. The molecule has 0 rings (SSSR count). The Morgan fingerprint density at radius 3 is 0.678 bits per heavy atom. The van der Waals surface area contributed by atoms with E-state index in [4.69, 9.17) is 21.7 Å². The molecule has 0 aromatic rings. The molecule has 0 saturated heterocycles. The number of rotatable bonds is 38. The van der Waals surface area contributed by atoms with Crippen molar-refractivity contribution in [2.45, 2.75) is 272 Å². The van der Waals surface area contributed by atoms with Crippen LogP contribution >= 0.6 is 0 Å². The number of carboxylic acids is 4. The van der Waals surface area contributed by atoms with Crippen LogP contribution in [0.1, 0.15) is 260 Å². The first-order chi connectivity index (χ1) is 27.6. The molecular weight excluding hydrogens is 757 g/mol. The smallest absolute Gasteiger partial charge is 0.550 e. The number of carbonyl (C=O) groups excluding carboxylic acids is 2. The monoisotopic (exact) mass is 853 g/mol. The largest absolute Gasteiger partial charge is 2.00 e. The molecule has 0 aliphatic rings. The first kappa shape index (κ1) is 66.7. The van der Waals surface area contributed by atoms with Gasteiger partial charge in [0.2, 0.25) is 0 Å². The van der Waals surface area contributed by atoms with Gasteiger partial charge in [0.25, 0.3) is 0 Å². The van der Waals surface area contributed by atoms with E-state index in [-0.39, 0.29) is 35.9 Å². The summed E-state index contributed by atoms with van der Waals surface area (Å²) in [6.45, 7) is 12.3. The SMILES string of the molecule is CC(C)CC(N)C(=O)O.CC(C)CC(N)C(=O)O.CCCCCCCCCCCCCCCCCC(=O)[O-].CCCCCCCCCCCCCCCCCC(=O)[O-].[Mg+2]. The van der Waals surface area contributed by atoms with Crippen LogP contribution in [0, 0.1) is 11.8 Å². The normalized spacial score (nSPS) is 11.6. The Bertz CT molecular complexity index is 821. The fourth-order valence-electron chi connectivity index (χ4n) is 6.50. The second-order valence-electron chi connectivity index (χ2n) is 17.3. The third-order valence-electron chi connectivity index (χ3n) is 10.1. The van der Waals surface area contributed by atoms with Crippen LogP contribution in [-0.2, 0) is 19.2 Å². The van der Waals surface area contributed by atoms with Crippen LogP contribution < -0.4 is 21.7 Å². The number of hydrogen-bond acceptors (Lipinski definition) is 8. The zero-order valence-electron chi connectivity index (χ0n) is 39.6. The minimum atomic E-state index is -0.913. The van der Waals surface area contributed by atoms with E-state index in [1.165, 1.54) is 167 Å². The van der Waals surface area contributed by atoms with Crippen LogP contribution in [0.3, 0.4) is 0 Å². The van der Waals surface area contributed by atoms with Crippen molar-refractivity contribution >= 4 is 46.9 Å². The molecule has 0 saturated carbocycles. The summed E-state index contributed by atoms with van der Waals surface area (Å²) in [6.07, 6.45) is 40.8. The number of aliphatic carboxylic acids is 4. The van der Waals surface area contributed by atoms with E-state index in [0.29, 0.717) is 24.7 Å². The van der Waals surface area contributed by atoms with E-state index in [2.05, 4.69) is 13.8 Å². The summed E-state index contributed by atoms with van der Waals surface area (Å²) < 4.78 is 0. The van der Waals surface area contributed by atoms with E-state index in [0.717, 1.165) is 25.7 Å². The molecule has 0 bridgehead atoms. The Morgan fingerprint density at radius 2 is 0.559 bits per heavy atom. The van der Waals surface area contributed by atoms with Gasteiger partial charge in [-0.05, 0) is 50.4 Å². The Hall–Kier alpha value is -1.43. The first-order valence-electron chi connectivity index (χ1n) is 24.0. The zero-order valence-corrected chi connectivity index (χ0v) is 41.0. The molecule has 0 aliphatic heterocycles. The Morgan fingerprint density at radius 1 is 0.390 bits per heavy atom. The predicted octanol–water partition coefficient (Wildman–Crippen LogP) is 10.5. The van der Waals surface area contributed by atoms with Crippen molar-refractivity contribution in [2.24, 2.45) is 23.3 Å².